The zero-order valence-corrected chi connectivity index (χ0v) is 21.2. The summed E-state index contributed by atoms with van der Waals surface area (Å²) >= 11 is 1.30. The molecule has 29 heavy (non-hydrogen) atoms. The number of nitrogens with zero attached hydrogens (tertiary/aromatic N) is 2. The molecule has 0 spiro atoms. The van der Waals surface area contributed by atoms with E-state index in [-0.39, 0.29) is 36.0 Å². The Labute approximate surface area is 193 Å². The summed E-state index contributed by atoms with van der Waals surface area (Å²) in [5.41, 5.74) is 0.121. The smallest absolute Gasteiger partial charge is 0.407 e. The van der Waals surface area contributed by atoms with Crippen molar-refractivity contribution in [1.29, 1.82) is 0 Å². The third-order valence-corrected chi connectivity index (χ3v) is 4.63. The summed E-state index contributed by atoms with van der Waals surface area (Å²) in [7, 11) is 1.65. The van der Waals surface area contributed by atoms with Crippen LogP contribution in [-0.2, 0) is 9.47 Å². The summed E-state index contributed by atoms with van der Waals surface area (Å²) in [6.45, 7) is 12.1. The molecule has 0 bridgehead atoms. The molecule has 1 unspecified atom stereocenters. The Morgan fingerprint density at radius 2 is 1.86 bits per heavy atom. The molecule has 0 radical (unpaired) electrons. The SMILES string of the molecule is CCOC(=O)c1sc(C(C)NC(=NC)NCCNC(=O)OC(C)(C)C)nc1C.I. The minimum Gasteiger partial charge on any atom is -0.462 e. The Bertz CT molecular complexity index is 703. The summed E-state index contributed by atoms with van der Waals surface area (Å²) in [4.78, 5) is 32.7. The average Bonchev–Trinajstić information content (AvgIpc) is 2.98. The third-order valence-electron chi connectivity index (χ3n) is 3.31. The number of halogens is 1. The highest BCUT2D eigenvalue weighted by molar-refractivity contribution is 14.0. The number of thiazole rings is 1. The van der Waals surface area contributed by atoms with E-state index in [4.69, 9.17) is 9.47 Å². The highest BCUT2D eigenvalue weighted by Gasteiger charge is 2.20. The van der Waals surface area contributed by atoms with Crippen LogP contribution in [0.15, 0.2) is 4.99 Å². The van der Waals surface area contributed by atoms with E-state index in [1.54, 1.807) is 20.9 Å². The van der Waals surface area contributed by atoms with Gasteiger partial charge in [0.2, 0.25) is 0 Å². The van der Waals surface area contributed by atoms with E-state index < -0.39 is 11.7 Å². The number of amides is 1. The largest absolute Gasteiger partial charge is 0.462 e. The summed E-state index contributed by atoms with van der Waals surface area (Å²) < 4.78 is 10.2. The maximum Gasteiger partial charge on any atom is 0.407 e. The zero-order valence-electron chi connectivity index (χ0n) is 18.0. The van der Waals surface area contributed by atoms with Crippen molar-refractivity contribution in [2.24, 2.45) is 4.99 Å². The number of rotatable bonds is 7. The number of hydrogen-bond donors (Lipinski definition) is 3. The molecule has 1 aromatic rings. The van der Waals surface area contributed by atoms with Crippen molar-refractivity contribution >= 4 is 53.3 Å². The maximum atomic E-state index is 11.9. The van der Waals surface area contributed by atoms with Crippen molar-refractivity contribution < 1.29 is 19.1 Å². The summed E-state index contributed by atoms with van der Waals surface area (Å²) in [5.74, 6) is 0.204. The predicted octanol–water partition coefficient (Wildman–Crippen LogP) is 3.00. The highest BCUT2D eigenvalue weighted by Crippen LogP contribution is 2.24. The Morgan fingerprint density at radius 1 is 1.24 bits per heavy atom. The second-order valence-electron chi connectivity index (χ2n) is 6.98. The molecule has 0 aliphatic rings. The van der Waals surface area contributed by atoms with E-state index in [1.807, 2.05) is 27.7 Å². The van der Waals surface area contributed by atoms with Gasteiger partial charge in [0.1, 0.15) is 15.5 Å². The van der Waals surface area contributed by atoms with Crippen LogP contribution in [0.3, 0.4) is 0 Å². The molecule has 1 atom stereocenters. The van der Waals surface area contributed by atoms with Crippen molar-refractivity contribution in [3.8, 4) is 0 Å². The molecule has 0 aliphatic heterocycles. The van der Waals surface area contributed by atoms with E-state index >= 15 is 0 Å². The first-order valence-corrected chi connectivity index (χ1v) is 9.97. The van der Waals surface area contributed by atoms with E-state index in [0.29, 0.717) is 36.2 Å². The number of alkyl carbamates (subject to hydrolysis) is 1. The second-order valence-corrected chi connectivity index (χ2v) is 8.01. The van der Waals surface area contributed by atoms with Crippen molar-refractivity contribution in [2.45, 2.75) is 53.2 Å². The number of aromatic nitrogens is 1. The highest BCUT2D eigenvalue weighted by atomic mass is 127. The molecular weight excluding hydrogens is 509 g/mol. The summed E-state index contributed by atoms with van der Waals surface area (Å²) in [6, 6.07) is -0.156. The number of guanidine groups is 1. The fraction of sp³-hybridized carbons (Fsp3) is 0.667. The van der Waals surface area contributed by atoms with Crippen LogP contribution in [0.5, 0.6) is 0 Å². The van der Waals surface area contributed by atoms with Crippen LogP contribution in [0.25, 0.3) is 0 Å². The van der Waals surface area contributed by atoms with Crippen molar-refractivity contribution in [1.82, 2.24) is 20.9 Å². The van der Waals surface area contributed by atoms with Gasteiger partial charge >= 0.3 is 12.1 Å². The number of esters is 1. The van der Waals surface area contributed by atoms with Gasteiger partial charge in [0.05, 0.1) is 18.3 Å². The number of carbonyl (C=O) groups excluding carboxylic acids is 2. The van der Waals surface area contributed by atoms with Gasteiger partial charge in [0, 0.05) is 20.1 Å². The Morgan fingerprint density at radius 3 is 2.41 bits per heavy atom. The molecule has 1 aromatic heterocycles. The molecule has 1 amide bonds. The monoisotopic (exact) mass is 541 g/mol. The van der Waals surface area contributed by atoms with Crippen molar-refractivity contribution in [3.05, 3.63) is 15.6 Å². The van der Waals surface area contributed by atoms with Gasteiger partial charge in [-0.05, 0) is 41.5 Å². The number of nitrogens with one attached hydrogen (secondary N) is 3. The first kappa shape index (κ1) is 27.4. The van der Waals surface area contributed by atoms with Crippen molar-refractivity contribution in [2.75, 3.05) is 26.7 Å². The standard InChI is InChI=1S/C18H31N5O4S.HI/c1-8-26-15(24)13-11(2)22-14(28-13)12(3)23-16(19-7)20-9-10-21-17(25)27-18(4,5)6;/h12H,8-10H2,1-7H3,(H,21,25)(H2,19,20,23);1H. The molecule has 0 aromatic carbocycles. The summed E-state index contributed by atoms with van der Waals surface area (Å²) in [5, 5.41) is 9.75. The van der Waals surface area contributed by atoms with Gasteiger partial charge in [0.15, 0.2) is 5.96 Å². The molecule has 0 aliphatic carbocycles. The van der Waals surface area contributed by atoms with E-state index in [0.717, 1.165) is 5.01 Å². The number of aliphatic imine (C=N–C) groups is 1. The Kier molecular flexibility index (Phi) is 12.1. The molecule has 166 valence electrons. The van der Waals surface area contributed by atoms with Gasteiger partial charge in [-0.3, -0.25) is 4.99 Å². The molecule has 0 fully saturated rings. The van der Waals surface area contributed by atoms with Crippen LogP contribution in [0.4, 0.5) is 4.79 Å². The minimum atomic E-state index is -0.529. The number of carbonyl (C=O) groups is 2. The molecule has 3 N–H and O–H groups in total. The number of aryl methyl sites for hydroxylation is 1. The lowest BCUT2D eigenvalue weighted by Crippen LogP contribution is -2.43. The molecular formula is C18H32IN5O4S. The number of ether oxygens (including phenoxy) is 2. The zero-order chi connectivity index (χ0) is 21.3. The van der Waals surface area contributed by atoms with Gasteiger partial charge in [0.25, 0.3) is 0 Å². The number of hydrogen-bond acceptors (Lipinski definition) is 7. The minimum absolute atomic E-state index is 0. The molecule has 1 heterocycles. The van der Waals surface area contributed by atoms with Crippen molar-refractivity contribution in [3.63, 3.8) is 0 Å². The molecule has 11 heteroatoms. The van der Waals surface area contributed by atoms with Crippen LogP contribution in [0.1, 0.15) is 61.0 Å². The first-order chi connectivity index (χ1) is 13.1. The normalized spacial score (nSPS) is 12.4. The molecule has 0 saturated carbocycles. The fourth-order valence-electron chi connectivity index (χ4n) is 2.11. The van der Waals surface area contributed by atoms with E-state index in [1.165, 1.54) is 11.3 Å². The first-order valence-electron chi connectivity index (χ1n) is 9.15. The van der Waals surface area contributed by atoms with E-state index in [2.05, 4.69) is 25.9 Å². The maximum absolute atomic E-state index is 11.9. The second kappa shape index (κ2) is 12.8. The van der Waals surface area contributed by atoms with Crippen LogP contribution < -0.4 is 16.0 Å². The third kappa shape index (κ3) is 10.1. The molecule has 9 nitrogen and oxygen atoms in total. The lowest BCUT2D eigenvalue weighted by molar-refractivity contribution is 0.0519. The predicted molar refractivity (Wildman–Crippen MR) is 125 cm³/mol. The van der Waals surface area contributed by atoms with Crippen LogP contribution in [0.2, 0.25) is 0 Å². The van der Waals surface area contributed by atoms with Gasteiger partial charge < -0.3 is 25.4 Å². The lowest BCUT2D eigenvalue weighted by Gasteiger charge is -2.20. The van der Waals surface area contributed by atoms with Gasteiger partial charge in [-0.15, -0.1) is 35.3 Å². The lowest BCUT2D eigenvalue weighted by atomic mass is 10.2. The molecule has 0 saturated heterocycles. The Balaban J connectivity index is 0.00000784. The Hall–Kier alpha value is -1.63. The van der Waals surface area contributed by atoms with E-state index in [9.17, 15) is 9.59 Å². The summed E-state index contributed by atoms with van der Waals surface area (Å²) in [6.07, 6.45) is -0.463. The van der Waals surface area contributed by atoms with Gasteiger partial charge in [-0.25, -0.2) is 14.6 Å². The van der Waals surface area contributed by atoms with Gasteiger partial charge in [-0.2, -0.15) is 0 Å². The van der Waals surface area contributed by atoms with Crippen LogP contribution in [-0.4, -0.2) is 55.4 Å². The quantitative estimate of drug-likeness (QED) is 0.160. The average molecular weight is 541 g/mol. The fourth-order valence-corrected chi connectivity index (χ4v) is 3.07. The molecule has 1 rings (SSSR count). The van der Waals surface area contributed by atoms with Gasteiger partial charge in [-0.1, -0.05) is 0 Å². The topological polar surface area (TPSA) is 114 Å². The van der Waals surface area contributed by atoms with Crippen LogP contribution in [0, 0.1) is 6.92 Å². The van der Waals surface area contributed by atoms with Crippen LogP contribution >= 0.6 is 35.3 Å².